The molecule has 0 bridgehead atoms. The maximum atomic E-state index is 12.1. The molecule has 1 aromatic rings. The molecular formula is C15H19ClF2N2O4. The molecule has 0 fully saturated rings. The molecule has 0 heterocycles. The van der Waals surface area contributed by atoms with E-state index in [1.165, 1.54) is 18.2 Å². The van der Waals surface area contributed by atoms with Crippen LogP contribution in [-0.4, -0.2) is 30.8 Å². The van der Waals surface area contributed by atoms with Crippen LogP contribution in [0.2, 0.25) is 5.02 Å². The van der Waals surface area contributed by atoms with Crippen molar-refractivity contribution in [1.82, 2.24) is 5.32 Å². The number of amides is 2. The quantitative estimate of drug-likeness (QED) is 0.805. The van der Waals surface area contributed by atoms with Gasteiger partial charge in [0.05, 0.1) is 5.02 Å². The third kappa shape index (κ3) is 7.96. The van der Waals surface area contributed by atoms with Gasteiger partial charge in [-0.1, -0.05) is 11.6 Å². The van der Waals surface area contributed by atoms with Crippen molar-refractivity contribution >= 4 is 29.3 Å². The van der Waals surface area contributed by atoms with Gasteiger partial charge in [-0.25, -0.2) is 4.79 Å². The summed E-state index contributed by atoms with van der Waals surface area (Å²) in [7, 11) is 0. The number of alkyl halides is 2. The lowest BCUT2D eigenvalue weighted by Gasteiger charge is -2.19. The van der Waals surface area contributed by atoms with E-state index in [-0.39, 0.29) is 29.6 Å². The van der Waals surface area contributed by atoms with Crippen molar-refractivity contribution in [3.05, 3.63) is 23.2 Å². The number of carbonyl (C=O) groups excluding carboxylic acids is 2. The average Bonchev–Trinajstić information content (AvgIpc) is 2.39. The van der Waals surface area contributed by atoms with Crippen molar-refractivity contribution < 1.29 is 27.8 Å². The number of ether oxygens (including phenoxy) is 2. The zero-order valence-electron chi connectivity index (χ0n) is 13.5. The Morgan fingerprint density at radius 2 is 1.96 bits per heavy atom. The molecule has 0 saturated carbocycles. The Morgan fingerprint density at radius 3 is 2.50 bits per heavy atom. The van der Waals surface area contributed by atoms with Gasteiger partial charge in [0.25, 0.3) is 0 Å². The van der Waals surface area contributed by atoms with Crippen molar-refractivity contribution in [2.45, 2.75) is 39.4 Å². The lowest BCUT2D eigenvalue weighted by molar-refractivity contribution is -0.116. The maximum Gasteiger partial charge on any atom is 0.407 e. The van der Waals surface area contributed by atoms with Gasteiger partial charge in [0.15, 0.2) is 0 Å². The Labute approximate surface area is 143 Å². The van der Waals surface area contributed by atoms with Gasteiger partial charge in [0.2, 0.25) is 5.91 Å². The van der Waals surface area contributed by atoms with Gasteiger partial charge in [0, 0.05) is 18.7 Å². The van der Waals surface area contributed by atoms with Crippen LogP contribution in [0.15, 0.2) is 18.2 Å². The molecule has 0 aliphatic carbocycles. The fourth-order valence-corrected chi connectivity index (χ4v) is 1.81. The Hall–Kier alpha value is -2.09. The van der Waals surface area contributed by atoms with Crippen LogP contribution in [0.5, 0.6) is 5.75 Å². The van der Waals surface area contributed by atoms with Crippen LogP contribution in [0.3, 0.4) is 0 Å². The van der Waals surface area contributed by atoms with Gasteiger partial charge in [0.1, 0.15) is 11.4 Å². The smallest absolute Gasteiger partial charge is 0.407 e. The zero-order chi connectivity index (χ0) is 18.3. The molecule has 2 N–H and O–H groups in total. The SMILES string of the molecule is CC(C)(C)OC(=O)NCCC(=O)Nc1ccc(OC(F)F)c(Cl)c1. The molecule has 2 amide bonds. The van der Waals surface area contributed by atoms with E-state index in [0.717, 1.165) is 0 Å². The average molecular weight is 365 g/mol. The van der Waals surface area contributed by atoms with Crippen LogP contribution in [-0.2, 0) is 9.53 Å². The fraction of sp³-hybridized carbons (Fsp3) is 0.467. The summed E-state index contributed by atoms with van der Waals surface area (Å²) in [4.78, 5) is 23.2. The number of hydrogen-bond donors (Lipinski definition) is 2. The largest absolute Gasteiger partial charge is 0.444 e. The van der Waals surface area contributed by atoms with Gasteiger partial charge >= 0.3 is 12.7 Å². The molecule has 0 aromatic heterocycles. The van der Waals surface area contributed by atoms with E-state index in [4.69, 9.17) is 16.3 Å². The molecule has 0 unspecified atom stereocenters. The van der Waals surface area contributed by atoms with E-state index in [2.05, 4.69) is 15.4 Å². The number of carbonyl (C=O) groups is 2. The molecular weight excluding hydrogens is 346 g/mol. The number of rotatable bonds is 6. The highest BCUT2D eigenvalue weighted by Crippen LogP contribution is 2.28. The highest BCUT2D eigenvalue weighted by Gasteiger charge is 2.16. The first-order valence-electron chi connectivity index (χ1n) is 7.08. The summed E-state index contributed by atoms with van der Waals surface area (Å²) in [6.07, 6.45) is -0.613. The highest BCUT2D eigenvalue weighted by atomic mass is 35.5. The van der Waals surface area contributed by atoms with E-state index in [0.29, 0.717) is 5.69 Å². The number of anilines is 1. The van der Waals surface area contributed by atoms with Crippen molar-refractivity contribution in [1.29, 1.82) is 0 Å². The molecule has 6 nitrogen and oxygen atoms in total. The van der Waals surface area contributed by atoms with Gasteiger partial charge in [-0.05, 0) is 39.0 Å². The molecule has 0 spiro atoms. The second kappa shape index (κ2) is 8.68. The summed E-state index contributed by atoms with van der Waals surface area (Å²) >= 11 is 5.78. The van der Waals surface area contributed by atoms with Crippen LogP contribution in [0, 0.1) is 0 Å². The molecule has 0 aliphatic rings. The van der Waals surface area contributed by atoms with Crippen LogP contribution in [0.1, 0.15) is 27.2 Å². The second-order valence-corrected chi connectivity index (χ2v) is 6.16. The fourth-order valence-electron chi connectivity index (χ4n) is 1.59. The van der Waals surface area contributed by atoms with Gasteiger partial charge in [-0.3, -0.25) is 4.79 Å². The zero-order valence-corrected chi connectivity index (χ0v) is 14.2. The minimum absolute atomic E-state index is 0.00610. The van der Waals surface area contributed by atoms with E-state index < -0.39 is 18.3 Å². The molecule has 24 heavy (non-hydrogen) atoms. The number of hydrogen-bond acceptors (Lipinski definition) is 4. The number of halogens is 3. The Kier molecular flexibility index (Phi) is 7.21. The molecule has 1 rings (SSSR count). The number of nitrogens with one attached hydrogen (secondary N) is 2. The van der Waals surface area contributed by atoms with Crippen LogP contribution >= 0.6 is 11.6 Å². The van der Waals surface area contributed by atoms with E-state index in [1.54, 1.807) is 20.8 Å². The Bertz CT molecular complexity index is 591. The summed E-state index contributed by atoms with van der Waals surface area (Å²) in [5.41, 5.74) is -0.297. The number of alkyl carbamates (subject to hydrolysis) is 1. The third-order valence-electron chi connectivity index (χ3n) is 2.45. The van der Waals surface area contributed by atoms with E-state index in [1.807, 2.05) is 0 Å². The molecule has 0 atom stereocenters. The summed E-state index contributed by atoms with van der Waals surface area (Å²) in [6, 6.07) is 3.89. The van der Waals surface area contributed by atoms with Crippen LogP contribution in [0.25, 0.3) is 0 Å². The summed E-state index contributed by atoms with van der Waals surface area (Å²) in [5, 5.41) is 4.92. The van der Waals surface area contributed by atoms with E-state index >= 15 is 0 Å². The normalized spacial score (nSPS) is 11.1. The van der Waals surface area contributed by atoms with Crippen molar-refractivity contribution in [2.24, 2.45) is 0 Å². The van der Waals surface area contributed by atoms with Gasteiger partial charge in [-0.2, -0.15) is 8.78 Å². The topological polar surface area (TPSA) is 76.7 Å². The lowest BCUT2D eigenvalue weighted by Crippen LogP contribution is -2.34. The first-order chi connectivity index (χ1) is 11.1. The molecule has 0 radical (unpaired) electrons. The third-order valence-corrected chi connectivity index (χ3v) is 2.75. The van der Waals surface area contributed by atoms with Gasteiger partial charge in [-0.15, -0.1) is 0 Å². The van der Waals surface area contributed by atoms with Crippen LogP contribution < -0.4 is 15.4 Å². The van der Waals surface area contributed by atoms with E-state index in [9.17, 15) is 18.4 Å². The first kappa shape index (κ1) is 20.0. The monoisotopic (exact) mass is 364 g/mol. The minimum atomic E-state index is -2.98. The molecule has 9 heteroatoms. The lowest BCUT2D eigenvalue weighted by atomic mass is 10.2. The summed E-state index contributed by atoms with van der Waals surface area (Å²) < 4.78 is 33.5. The molecule has 0 aliphatic heterocycles. The molecule has 134 valence electrons. The predicted octanol–water partition coefficient (Wildman–Crippen LogP) is 3.79. The molecule has 1 aromatic carbocycles. The predicted molar refractivity (Wildman–Crippen MR) is 85.6 cm³/mol. The highest BCUT2D eigenvalue weighted by molar-refractivity contribution is 6.32. The Morgan fingerprint density at radius 1 is 1.29 bits per heavy atom. The minimum Gasteiger partial charge on any atom is -0.444 e. The standard InChI is InChI=1S/C15H19ClF2N2O4/c1-15(2,3)24-14(22)19-7-6-12(21)20-9-4-5-11(10(16)8-9)23-13(17)18/h4-5,8,13H,6-7H2,1-3H3,(H,19,22)(H,20,21). The first-order valence-corrected chi connectivity index (χ1v) is 7.45. The second-order valence-electron chi connectivity index (χ2n) is 5.75. The van der Waals surface area contributed by atoms with Crippen molar-refractivity contribution in [3.8, 4) is 5.75 Å². The number of benzene rings is 1. The summed E-state index contributed by atoms with van der Waals surface area (Å²) in [5.74, 6) is -0.569. The molecule has 0 saturated heterocycles. The summed E-state index contributed by atoms with van der Waals surface area (Å²) in [6.45, 7) is 2.28. The van der Waals surface area contributed by atoms with Gasteiger partial charge < -0.3 is 20.1 Å². The maximum absolute atomic E-state index is 12.1. The van der Waals surface area contributed by atoms with Crippen molar-refractivity contribution in [2.75, 3.05) is 11.9 Å². The Balaban J connectivity index is 2.43. The van der Waals surface area contributed by atoms with Crippen LogP contribution in [0.4, 0.5) is 19.3 Å². The van der Waals surface area contributed by atoms with Crippen molar-refractivity contribution in [3.63, 3.8) is 0 Å².